The highest BCUT2D eigenvalue weighted by molar-refractivity contribution is 7.89. The molecule has 0 aliphatic carbocycles. The molecule has 5 nitrogen and oxygen atoms in total. The van der Waals surface area contributed by atoms with Gasteiger partial charge in [-0.1, -0.05) is 13.8 Å². The van der Waals surface area contributed by atoms with Crippen LogP contribution in [-0.2, 0) is 19.5 Å². The van der Waals surface area contributed by atoms with Gasteiger partial charge in [-0.05, 0) is 25.7 Å². The molecule has 1 saturated heterocycles. The Morgan fingerprint density at radius 3 is 2.42 bits per heavy atom. The lowest BCUT2D eigenvalue weighted by Gasteiger charge is -2.31. The third-order valence-electron chi connectivity index (χ3n) is 3.15. The highest BCUT2D eigenvalue weighted by Gasteiger charge is 2.28. The number of ether oxygens (including phenoxy) is 2. The summed E-state index contributed by atoms with van der Waals surface area (Å²) in [5.41, 5.74) is 0. The molecule has 0 N–H and O–H groups in total. The summed E-state index contributed by atoms with van der Waals surface area (Å²) in [6.45, 7) is 8.82. The molecule has 1 rings (SSSR count). The largest absolute Gasteiger partial charge is 0.381 e. The number of rotatable bonds is 8. The SMILES string of the molecule is CCOCCS(=O)(=O)N1CCC(OCC(C)C)CC1. The summed E-state index contributed by atoms with van der Waals surface area (Å²) in [7, 11) is -3.16. The van der Waals surface area contributed by atoms with Crippen molar-refractivity contribution in [1.82, 2.24) is 4.31 Å². The summed E-state index contributed by atoms with van der Waals surface area (Å²) in [4.78, 5) is 0. The van der Waals surface area contributed by atoms with Crippen LogP contribution in [0.1, 0.15) is 33.6 Å². The predicted molar refractivity (Wildman–Crippen MR) is 75.7 cm³/mol. The molecular weight excluding hydrogens is 266 g/mol. The van der Waals surface area contributed by atoms with Crippen molar-refractivity contribution in [2.75, 3.05) is 38.7 Å². The van der Waals surface area contributed by atoms with Gasteiger partial charge in [0.05, 0.1) is 18.5 Å². The van der Waals surface area contributed by atoms with Crippen LogP contribution in [0, 0.1) is 5.92 Å². The Bertz CT molecular complexity index is 335. The molecule has 1 aliphatic rings. The van der Waals surface area contributed by atoms with Crippen LogP contribution in [0.25, 0.3) is 0 Å². The Labute approximate surface area is 117 Å². The second-order valence-electron chi connectivity index (χ2n) is 5.34. The van der Waals surface area contributed by atoms with Gasteiger partial charge in [0.1, 0.15) is 0 Å². The van der Waals surface area contributed by atoms with Gasteiger partial charge < -0.3 is 9.47 Å². The third-order valence-corrected chi connectivity index (χ3v) is 4.98. The van der Waals surface area contributed by atoms with E-state index >= 15 is 0 Å². The Kier molecular flexibility index (Phi) is 7.28. The van der Waals surface area contributed by atoms with Crippen molar-refractivity contribution in [2.45, 2.75) is 39.7 Å². The van der Waals surface area contributed by atoms with E-state index in [0.29, 0.717) is 25.6 Å². The first-order valence-electron chi connectivity index (χ1n) is 7.13. The highest BCUT2D eigenvalue weighted by Crippen LogP contribution is 2.17. The minimum Gasteiger partial charge on any atom is -0.381 e. The van der Waals surface area contributed by atoms with Crippen LogP contribution in [0.5, 0.6) is 0 Å². The summed E-state index contributed by atoms with van der Waals surface area (Å²) in [6, 6.07) is 0. The van der Waals surface area contributed by atoms with Crippen LogP contribution in [0.2, 0.25) is 0 Å². The zero-order chi connectivity index (χ0) is 14.3. The van der Waals surface area contributed by atoms with Gasteiger partial charge in [-0.3, -0.25) is 0 Å². The van der Waals surface area contributed by atoms with Crippen molar-refractivity contribution in [2.24, 2.45) is 5.92 Å². The van der Waals surface area contributed by atoms with E-state index in [4.69, 9.17) is 9.47 Å². The minimum atomic E-state index is -3.16. The molecular formula is C13H27NO4S. The molecule has 6 heteroatoms. The minimum absolute atomic E-state index is 0.0817. The van der Waals surface area contributed by atoms with Crippen molar-refractivity contribution in [3.05, 3.63) is 0 Å². The summed E-state index contributed by atoms with van der Waals surface area (Å²) in [6.07, 6.45) is 1.79. The van der Waals surface area contributed by atoms with Gasteiger partial charge in [0.2, 0.25) is 10.0 Å². The van der Waals surface area contributed by atoms with Crippen LogP contribution in [0.15, 0.2) is 0 Å². The van der Waals surface area contributed by atoms with Crippen molar-refractivity contribution in [1.29, 1.82) is 0 Å². The molecule has 0 aromatic heterocycles. The monoisotopic (exact) mass is 293 g/mol. The smallest absolute Gasteiger partial charge is 0.216 e. The highest BCUT2D eigenvalue weighted by atomic mass is 32.2. The third kappa shape index (κ3) is 6.21. The second-order valence-corrected chi connectivity index (χ2v) is 7.43. The number of piperidine rings is 1. The average molecular weight is 293 g/mol. The second kappa shape index (κ2) is 8.19. The lowest BCUT2D eigenvalue weighted by molar-refractivity contribution is 0.00742. The summed E-state index contributed by atoms with van der Waals surface area (Å²) < 4.78 is 36.5. The number of nitrogens with zero attached hydrogens (tertiary/aromatic N) is 1. The molecule has 0 saturated carbocycles. The fraction of sp³-hybridized carbons (Fsp3) is 1.00. The van der Waals surface area contributed by atoms with E-state index in [0.717, 1.165) is 19.4 Å². The van der Waals surface area contributed by atoms with Crippen molar-refractivity contribution in [3.8, 4) is 0 Å². The average Bonchev–Trinajstić information content (AvgIpc) is 2.37. The molecule has 0 unspecified atom stereocenters. The Morgan fingerprint density at radius 2 is 1.89 bits per heavy atom. The van der Waals surface area contributed by atoms with Gasteiger partial charge in [-0.25, -0.2) is 12.7 Å². The first-order chi connectivity index (χ1) is 8.95. The molecule has 1 fully saturated rings. The maximum absolute atomic E-state index is 12.0. The van der Waals surface area contributed by atoms with E-state index < -0.39 is 10.0 Å². The van der Waals surface area contributed by atoms with E-state index in [1.807, 2.05) is 6.92 Å². The Balaban J connectivity index is 2.32. The molecule has 0 aromatic carbocycles. The van der Waals surface area contributed by atoms with Crippen LogP contribution in [0.3, 0.4) is 0 Å². The maximum atomic E-state index is 12.0. The van der Waals surface area contributed by atoms with E-state index in [2.05, 4.69) is 13.8 Å². The fourth-order valence-electron chi connectivity index (χ4n) is 2.04. The Morgan fingerprint density at radius 1 is 1.26 bits per heavy atom. The van der Waals surface area contributed by atoms with Crippen LogP contribution in [-0.4, -0.2) is 57.5 Å². The molecule has 0 bridgehead atoms. The topological polar surface area (TPSA) is 55.8 Å². The van der Waals surface area contributed by atoms with Gasteiger partial charge in [0.15, 0.2) is 0 Å². The van der Waals surface area contributed by atoms with Gasteiger partial charge in [-0.2, -0.15) is 0 Å². The molecule has 1 aliphatic heterocycles. The molecule has 19 heavy (non-hydrogen) atoms. The van der Waals surface area contributed by atoms with Gasteiger partial charge in [0, 0.05) is 26.3 Å². The van der Waals surface area contributed by atoms with Crippen molar-refractivity contribution < 1.29 is 17.9 Å². The zero-order valence-corrected chi connectivity index (χ0v) is 13.1. The molecule has 0 radical (unpaired) electrons. The van der Waals surface area contributed by atoms with Crippen LogP contribution >= 0.6 is 0 Å². The first-order valence-corrected chi connectivity index (χ1v) is 8.73. The van der Waals surface area contributed by atoms with Crippen LogP contribution < -0.4 is 0 Å². The van der Waals surface area contributed by atoms with E-state index in [1.165, 1.54) is 0 Å². The Hall–Kier alpha value is -0.170. The standard InChI is InChI=1S/C13H27NO4S/c1-4-17-9-10-19(15,16)14-7-5-13(6-8-14)18-11-12(2)3/h12-13H,4-11H2,1-3H3. The molecule has 0 atom stereocenters. The first kappa shape index (κ1) is 16.9. The summed E-state index contributed by atoms with van der Waals surface area (Å²) in [5, 5.41) is 0. The quantitative estimate of drug-likeness (QED) is 0.636. The number of sulfonamides is 1. The molecule has 0 spiro atoms. The van der Waals surface area contributed by atoms with E-state index in [1.54, 1.807) is 4.31 Å². The maximum Gasteiger partial charge on any atom is 0.216 e. The number of hydrogen-bond acceptors (Lipinski definition) is 4. The normalized spacial score (nSPS) is 19.2. The molecule has 0 amide bonds. The zero-order valence-electron chi connectivity index (χ0n) is 12.3. The lowest BCUT2D eigenvalue weighted by atomic mass is 10.1. The van der Waals surface area contributed by atoms with E-state index in [-0.39, 0.29) is 18.5 Å². The fourth-order valence-corrected chi connectivity index (χ4v) is 3.40. The van der Waals surface area contributed by atoms with Crippen molar-refractivity contribution in [3.63, 3.8) is 0 Å². The molecule has 114 valence electrons. The van der Waals surface area contributed by atoms with Gasteiger partial charge in [0.25, 0.3) is 0 Å². The number of hydrogen-bond donors (Lipinski definition) is 0. The lowest BCUT2D eigenvalue weighted by Crippen LogP contribution is -2.42. The summed E-state index contributed by atoms with van der Waals surface area (Å²) >= 11 is 0. The van der Waals surface area contributed by atoms with E-state index in [9.17, 15) is 8.42 Å². The van der Waals surface area contributed by atoms with Gasteiger partial charge in [-0.15, -0.1) is 0 Å². The molecule has 0 aromatic rings. The van der Waals surface area contributed by atoms with Crippen LogP contribution in [0.4, 0.5) is 0 Å². The molecule has 1 heterocycles. The van der Waals surface area contributed by atoms with Gasteiger partial charge >= 0.3 is 0 Å². The summed E-state index contributed by atoms with van der Waals surface area (Å²) in [5.74, 6) is 0.603. The van der Waals surface area contributed by atoms with Crippen molar-refractivity contribution >= 4 is 10.0 Å². The predicted octanol–water partition coefficient (Wildman–Crippen LogP) is 1.49.